The molecule has 4 radical (unpaired) electrons. The molecule has 84 heavy (non-hydrogen) atoms. The zero-order chi connectivity index (χ0) is 55.5. The van der Waals surface area contributed by atoms with Crippen molar-refractivity contribution < 1.29 is 90.0 Å². The van der Waals surface area contributed by atoms with Crippen LogP contribution in [-0.2, 0) is 90.0 Å². The summed E-state index contributed by atoms with van der Waals surface area (Å²) in [5.41, 5.74) is 0.879. The van der Waals surface area contributed by atoms with Gasteiger partial charge in [-0.25, -0.2) is 0 Å². The number of carbonyl (C=O) groups excluding carboxylic acids is 2. The fraction of sp³-hybridized carbons (Fsp3) is 0.548. The van der Waals surface area contributed by atoms with Crippen LogP contribution in [0.25, 0.3) is 0 Å². The van der Waals surface area contributed by atoms with Crippen molar-refractivity contribution in [1.82, 2.24) is 0 Å². The number of hydrogen-bond acceptors (Lipinski definition) is 2. The summed E-state index contributed by atoms with van der Waals surface area (Å²) in [7, 11) is 0. The summed E-state index contributed by atoms with van der Waals surface area (Å²) in [6.07, 6.45) is 29.2. The molecule has 0 heterocycles. The predicted molar refractivity (Wildman–Crippen MR) is 381 cm³/mol. The Kier molecular flexibility index (Phi) is 77.0. The number of rotatable bonds is 0. The molecule has 0 amide bonds. The third-order valence-corrected chi connectivity index (χ3v) is 23.9. The Bertz CT molecular complexity index is 1590. The van der Waals surface area contributed by atoms with Crippen LogP contribution in [0.1, 0.15) is 138 Å². The average molecular weight is 2200 g/mol. The van der Waals surface area contributed by atoms with Gasteiger partial charge in [0.25, 0.3) is 0 Å². The quantitative estimate of drug-likeness (QED) is 0.179. The van der Waals surface area contributed by atoms with E-state index in [1.165, 1.54) is 42.0 Å². The van der Waals surface area contributed by atoms with Crippen molar-refractivity contribution >= 4 is 112 Å². The van der Waals surface area contributed by atoms with Crippen LogP contribution in [0.15, 0.2) is 109 Å². The molecule has 0 aromatic heterocycles. The molecule has 8 aliphatic carbocycles. The summed E-state index contributed by atoms with van der Waals surface area (Å²) in [6.45, 7) is 51.6. The molecular formula is C73H122Ir4O2Se5-8. The van der Waals surface area contributed by atoms with E-state index >= 15 is 0 Å². The molecule has 0 aliphatic heterocycles. The minimum atomic E-state index is 0. The van der Waals surface area contributed by atoms with Gasteiger partial charge >= 0.3 is 183 Å². The summed E-state index contributed by atoms with van der Waals surface area (Å²) in [6, 6.07) is 0. The summed E-state index contributed by atoms with van der Waals surface area (Å²) < 4.78 is 5.75. The van der Waals surface area contributed by atoms with Gasteiger partial charge in [0, 0.05) is 80.4 Å². The molecule has 0 unspecified atom stereocenters. The molecule has 4 fully saturated rings. The molecule has 8 rings (SSSR count). The molecule has 0 aromatic carbocycles. The van der Waals surface area contributed by atoms with Crippen LogP contribution in [0, 0.1) is 178 Å². The third-order valence-electron chi connectivity index (χ3n) is 20.0. The van der Waals surface area contributed by atoms with Gasteiger partial charge in [-0.15, -0.1) is 0 Å². The van der Waals surface area contributed by atoms with Gasteiger partial charge in [0.15, 0.2) is 5.78 Å². The van der Waals surface area contributed by atoms with Gasteiger partial charge < -0.3 is 59.4 Å². The fourth-order valence-corrected chi connectivity index (χ4v) is 12.9. The zero-order valence-electron chi connectivity index (χ0n) is 57.7. The van der Waals surface area contributed by atoms with E-state index in [2.05, 4.69) is 223 Å². The molecule has 8 aliphatic rings. The van der Waals surface area contributed by atoms with Crippen molar-refractivity contribution in [3.05, 3.63) is 169 Å². The molecule has 0 aromatic rings. The van der Waals surface area contributed by atoms with E-state index in [-0.39, 0.29) is 151 Å². The van der Waals surface area contributed by atoms with Gasteiger partial charge in [0.05, 0.1) is 0 Å². The van der Waals surface area contributed by atoms with Crippen LogP contribution in [0.2, 0.25) is 0 Å². The summed E-state index contributed by atoms with van der Waals surface area (Å²) in [5.74, 6) is 18.8. The Morgan fingerprint density at radius 1 is 0.238 bits per heavy atom. The van der Waals surface area contributed by atoms with E-state index in [4.69, 9.17) is 0 Å². The molecule has 500 valence electrons. The van der Waals surface area contributed by atoms with E-state index in [1.807, 2.05) is 48.6 Å². The zero-order valence-corrected chi connectivity index (χ0v) is 75.8. The van der Waals surface area contributed by atoms with E-state index < -0.39 is 0 Å². The van der Waals surface area contributed by atoms with Gasteiger partial charge in [0.1, 0.15) is 0 Å². The van der Waals surface area contributed by atoms with Crippen molar-refractivity contribution in [2.24, 2.45) is 118 Å². The third kappa shape index (κ3) is 37.9. The van der Waals surface area contributed by atoms with Crippen LogP contribution < -0.4 is 0 Å². The van der Waals surface area contributed by atoms with E-state index in [0.29, 0.717) is 0 Å². The van der Waals surface area contributed by atoms with E-state index in [1.54, 1.807) is 24.3 Å². The van der Waals surface area contributed by atoms with Gasteiger partial charge in [-0.1, -0.05) is 157 Å². The first-order valence-corrected chi connectivity index (χ1v) is 31.6. The molecular weight excluding hydrogens is 2070 g/mol. The first kappa shape index (κ1) is 113. The molecule has 0 spiro atoms. The minimum absolute atomic E-state index is 0. The fourth-order valence-electron chi connectivity index (χ4n) is 11.4. The Morgan fingerprint density at radius 2 is 0.357 bits per heavy atom. The second-order valence-electron chi connectivity index (χ2n) is 23.2. The van der Waals surface area contributed by atoms with E-state index in [9.17, 15) is 9.59 Å². The molecule has 2 nitrogen and oxygen atoms in total. The number of carbonyl (C=O) groups is 2. The SMILES string of the molecule is C=C1C=CC(=O)C=C1.CC1C(C)C(C)C(C)C1C.CC1C(C)C(C)C(C)C1C.CC1C(C)C(C)C(C)C1C.CC1C(C)C(C)C(C)C1C.O=C1C=CC(=[Se])C=C1.[CH3-].[CH3-].[CH3-].[CH3-].[CH3-].[CH3-].[CH3-].[CH3-].[Ir].[Ir].[Ir].[Ir].[Se]=C1C=CC(=[Se])C=C1.[Se]=C1C=CC=CC1=[Se]. The summed E-state index contributed by atoms with van der Waals surface area (Å²) >= 11 is 14.5. The molecule has 4 saturated carbocycles. The summed E-state index contributed by atoms with van der Waals surface area (Å²) in [5, 5.41) is 0. The Labute approximate surface area is 620 Å². The number of hydrogen-bond donors (Lipinski definition) is 0. The van der Waals surface area contributed by atoms with Crippen molar-refractivity contribution in [3.8, 4) is 0 Å². The van der Waals surface area contributed by atoms with E-state index in [0.717, 1.165) is 128 Å². The van der Waals surface area contributed by atoms with Gasteiger partial charge in [-0.05, 0) is 136 Å². The maximum atomic E-state index is 10.4. The molecule has 0 saturated heterocycles. The number of allylic oxidation sites excluding steroid dienone is 17. The van der Waals surface area contributed by atoms with Crippen LogP contribution in [0.5, 0.6) is 0 Å². The second-order valence-corrected chi connectivity index (χ2v) is 28.0. The molecule has 0 atom stereocenters. The van der Waals surface area contributed by atoms with Gasteiger partial charge in [-0.3, -0.25) is 4.79 Å². The Balaban J connectivity index is -0.0000000692. The standard InChI is InChI=1S/4C10H20.C7H6O.C6H4OSe.2C6H4Se2.8CH3.4Ir/c4*1-6-7(2)9(4)10(5)8(6)3;1-6-2-4-7(8)5-3-6;7-5-1-3-6(8)4-2-5;7-5-1-2-6(8)4-3-5;7-5-3-1-2-4-6(5)8;;;;;;;;;;;;/h4*6-10H,1-5H3;2-5H,1H2;3*1-4H;8*1H3;;;;/q;;;;;;;;8*-1;;;;. The molecule has 0 bridgehead atoms. The predicted octanol–water partition coefficient (Wildman–Crippen LogP) is 17.2. The first-order valence-electron chi connectivity index (χ1n) is 27.3. The van der Waals surface area contributed by atoms with Crippen molar-refractivity contribution in [1.29, 1.82) is 0 Å². The second kappa shape index (κ2) is 57.2. The van der Waals surface area contributed by atoms with Gasteiger partial charge in [0.2, 0.25) is 0 Å². The number of ketones is 2. The summed E-state index contributed by atoms with van der Waals surface area (Å²) in [4.78, 5) is 20.8. The van der Waals surface area contributed by atoms with Gasteiger partial charge in [-0.2, -0.15) is 0 Å². The van der Waals surface area contributed by atoms with Crippen LogP contribution in [0.3, 0.4) is 0 Å². The monoisotopic (exact) mass is 2200 g/mol. The van der Waals surface area contributed by atoms with Crippen LogP contribution in [-0.4, -0.2) is 112 Å². The first-order chi connectivity index (χ1) is 33.4. The average Bonchev–Trinajstić information content (AvgIpc) is 3.80. The topological polar surface area (TPSA) is 34.1 Å². The van der Waals surface area contributed by atoms with Crippen molar-refractivity contribution in [2.45, 2.75) is 138 Å². The molecule has 0 N–H and O–H groups in total. The normalized spacial score (nSPS) is 33.1. The van der Waals surface area contributed by atoms with Crippen LogP contribution in [0.4, 0.5) is 0 Å². The Morgan fingerprint density at radius 3 is 0.464 bits per heavy atom. The van der Waals surface area contributed by atoms with Crippen molar-refractivity contribution in [3.63, 3.8) is 0 Å². The maximum absolute atomic E-state index is 10.4. The van der Waals surface area contributed by atoms with Crippen LogP contribution >= 0.6 is 0 Å². The molecule has 11 heteroatoms. The van der Waals surface area contributed by atoms with Crippen molar-refractivity contribution in [2.75, 3.05) is 0 Å². The Hall–Kier alpha value is 1.54.